The molecule has 6 heteroatoms. The summed E-state index contributed by atoms with van der Waals surface area (Å²) < 4.78 is 47.9. The van der Waals surface area contributed by atoms with E-state index >= 15 is 0 Å². The van der Waals surface area contributed by atoms with Crippen LogP contribution < -0.4 is 4.74 Å². The van der Waals surface area contributed by atoms with E-state index in [1.807, 2.05) is 0 Å². The number of fused-ring (bicyclic) bond motifs is 1. The van der Waals surface area contributed by atoms with Crippen molar-refractivity contribution in [2.24, 2.45) is 0 Å². The molecule has 0 aromatic heterocycles. The molecule has 0 saturated carbocycles. The molecular weight excluding hydrogens is 273 g/mol. The molecule has 1 aromatic carbocycles. The number of benzene rings is 1. The first-order chi connectivity index (χ1) is 9.41. The molecule has 20 heavy (non-hydrogen) atoms. The van der Waals surface area contributed by atoms with Gasteiger partial charge in [-0.15, -0.1) is 0 Å². The largest absolute Gasteiger partial charge is 0.493 e. The second-order valence-electron chi connectivity index (χ2n) is 4.23. The maximum atomic E-state index is 12.6. The molecule has 3 nitrogen and oxygen atoms in total. The van der Waals surface area contributed by atoms with Crippen LogP contribution in [-0.4, -0.2) is 19.2 Å². The molecule has 0 amide bonds. The van der Waals surface area contributed by atoms with Crippen molar-refractivity contribution in [1.29, 1.82) is 0 Å². The third-order valence-corrected chi connectivity index (χ3v) is 2.86. The molecule has 0 saturated heterocycles. The zero-order valence-electron chi connectivity index (χ0n) is 10.8. The fourth-order valence-electron chi connectivity index (χ4n) is 1.97. The predicted molar refractivity (Wildman–Crippen MR) is 66.2 cm³/mol. The molecule has 0 spiro atoms. The van der Waals surface area contributed by atoms with Crippen molar-refractivity contribution in [2.75, 3.05) is 13.2 Å². The van der Waals surface area contributed by atoms with Crippen LogP contribution in [0.4, 0.5) is 13.2 Å². The van der Waals surface area contributed by atoms with Crippen LogP contribution in [-0.2, 0) is 15.7 Å². The Balaban J connectivity index is 2.35. The van der Waals surface area contributed by atoms with Crippen LogP contribution in [0.15, 0.2) is 24.3 Å². The van der Waals surface area contributed by atoms with E-state index in [0.717, 1.165) is 12.1 Å². The van der Waals surface area contributed by atoms with Crippen LogP contribution in [0.3, 0.4) is 0 Å². The summed E-state index contributed by atoms with van der Waals surface area (Å²) in [5, 5.41) is 0. The SMILES string of the molecule is CCOC(=O)C=C1CCOc2cc(C(F)(F)F)ccc21. The molecule has 1 aliphatic rings. The van der Waals surface area contributed by atoms with E-state index in [2.05, 4.69) is 0 Å². The highest BCUT2D eigenvalue weighted by Crippen LogP contribution is 2.38. The van der Waals surface area contributed by atoms with Gasteiger partial charge in [0.25, 0.3) is 0 Å². The second kappa shape index (κ2) is 5.56. The van der Waals surface area contributed by atoms with Gasteiger partial charge in [-0.25, -0.2) is 4.79 Å². The van der Waals surface area contributed by atoms with Gasteiger partial charge in [0.2, 0.25) is 0 Å². The van der Waals surface area contributed by atoms with Crippen LogP contribution in [0, 0.1) is 0 Å². The van der Waals surface area contributed by atoms with Gasteiger partial charge < -0.3 is 9.47 Å². The van der Waals surface area contributed by atoms with Crippen molar-refractivity contribution in [2.45, 2.75) is 19.5 Å². The summed E-state index contributed by atoms with van der Waals surface area (Å²) in [6, 6.07) is 3.25. The Kier molecular flexibility index (Phi) is 4.01. The smallest absolute Gasteiger partial charge is 0.416 e. The van der Waals surface area contributed by atoms with Gasteiger partial charge in [0, 0.05) is 18.1 Å². The number of carbonyl (C=O) groups is 1. The van der Waals surface area contributed by atoms with E-state index in [-0.39, 0.29) is 19.0 Å². The number of carbonyl (C=O) groups excluding carboxylic acids is 1. The lowest BCUT2D eigenvalue weighted by Crippen LogP contribution is -2.12. The van der Waals surface area contributed by atoms with Gasteiger partial charge in [-0.3, -0.25) is 0 Å². The van der Waals surface area contributed by atoms with Crippen LogP contribution in [0.1, 0.15) is 24.5 Å². The molecule has 108 valence electrons. The first-order valence-electron chi connectivity index (χ1n) is 6.13. The first-order valence-corrected chi connectivity index (χ1v) is 6.13. The molecule has 0 radical (unpaired) electrons. The summed E-state index contributed by atoms with van der Waals surface area (Å²) in [5.41, 5.74) is 0.351. The fourth-order valence-corrected chi connectivity index (χ4v) is 1.97. The van der Waals surface area contributed by atoms with E-state index in [0.29, 0.717) is 17.6 Å². The number of rotatable bonds is 2. The van der Waals surface area contributed by atoms with E-state index in [1.165, 1.54) is 12.1 Å². The number of esters is 1. The van der Waals surface area contributed by atoms with Gasteiger partial charge in [0.05, 0.1) is 18.8 Å². The lowest BCUT2D eigenvalue weighted by molar-refractivity contribution is -0.138. The molecule has 0 fully saturated rings. The van der Waals surface area contributed by atoms with Gasteiger partial charge in [0.15, 0.2) is 0 Å². The highest BCUT2D eigenvalue weighted by molar-refractivity contribution is 5.92. The molecule has 0 N–H and O–H groups in total. The normalized spacial score (nSPS) is 16.5. The van der Waals surface area contributed by atoms with Gasteiger partial charge in [-0.05, 0) is 24.6 Å². The van der Waals surface area contributed by atoms with Crippen LogP contribution in [0.5, 0.6) is 5.75 Å². The van der Waals surface area contributed by atoms with Crippen molar-refractivity contribution in [1.82, 2.24) is 0 Å². The maximum absolute atomic E-state index is 12.6. The average Bonchev–Trinajstić information content (AvgIpc) is 2.37. The summed E-state index contributed by atoms with van der Waals surface area (Å²) in [4.78, 5) is 11.4. The predicted octanol–water partition coefficient (Wildman–Crippen LogP) is 3.43. The molecule has 0 unspecified atom stereocenters. The standard InChI is InChI=1S/C14H13F3O3/c1-2-19-13(18)7-9-5-6-20-12-8-10(14(15,16)17)3-4-11(9)12/h3-4,7-8H,2,5-6H2,1H3. The number of alkyl halides is 3. The number of ether oxygens (including phenoxy) is 2. The zero-order chi connectivity index (χ0) is 14.8. The van der Waals surface area contributed by atoms with Gasteiger partial charge >= 0.3 is 12.1 Å². The average molecular weight is 286 g/mol. The number of hydrogen-bond donors (Lipinski definition) is 0. The quantitative estimate of drug-likeness (QED) is 0.617. The lowest BCUT2D eigenvalue weighted by atomic mass is 9.97. The molecule has 1 heterocycles. The Morgan fingerprint density at radius 2 is 2.20 bits per heavy atom. The summed E-state index contributed by atoms with van der Waals surface area (Å²) in [5.74, 6) is -0.364. The Hall–Kier alpha value is -1.98. The molecule has 0 aliphatic carbocycles. The van der Waals surface area contributed by atoms with Gasteiger partial charge in [0.1, 0.15) is 5.75 Å². The Bertz CT molecular complexity index is 547. The Labute approximate surface area is 114 Å². The molecule has 1 aromatic rings. The van der Waals surface area contributed by atoms with Crippen LogP contribution >= 0.6 is 0 Å². The summed E-state index contributed by atoms with van der Waals surface area (Å²) in [6.45, 7) is 2.17. The number of halogens is 3. The van der Waals surface area contributed by atoms with E-state index in [4.69, 9.17) is 9.47 Å². The Morgan fingerprint density at radius 3 is 2.85 bits per heavy atom. The minimum absolute atomic E-state index is 0.140. The molecular formula is C14H13F3O3. The van der Waals surface area contributed by atoms with Crippen molar-refractivity contribution >= 4 is 11.5 Å². The topological polar surface area (TPSA) is 35.5 Å². The maximum Gasteiger partial charge on any atom is 0.416 e. The van der Waals surface area contributed by atoms with Crippen molar-refractivity contribution in [3.63, 3.8) is 0 Å². The molecule has 0 bridgehead atoms. The highest BCUT2D eigenvalue weighted by atomic mass is 19.4. The summed E-state index contributed by atoms with van der Waals surface area (Å²) in [6.07, 6.45) is -2.66. The molecule has 0 atom stereocenters. The fraction of sp³-hybridized carbons (Fsp3) is 0.357. The van der Waals surface area contributed by atoms with Crippen molar-refractivity contribution in [3.8, 4) is 5.75 Å². The van der Waals surface area contributed by atoms with Crippen molar-refractivity contribution < 1.29 is 27.4 Å². The Morgan fingerprint density at radius 1 is 1.45 bits per heavy atom. The molecule has 2 rings (SSSR count). The van der Waals surface area contributed by atoms with E-state index in [9.17, 15) is 18.0 Å². The van der Waals surface area contributed by atoms with Crippen LogP contribution in [0.25, 0.3) is 5.57 Å². The highest BCUT2D eigenvalue weighted by Gasteiger charge is 2.32. The third-order valence-electron chi connectivity index (χ3n) is 2.86. The van der Waals surface area contributed by atoms with E-state index in [1.54, 1.807) is 6.92 Å². The van der Waals surface area contributed by atoms with Crippen LogP contribution in [0.2, 0.25) is 0 Å². The number of hydrogen-bond acceptors (Lipinski definition) is 3. The van der Waals surface area contributed by atoms with Crippen molar-refractivity contribution in [3.05, 3.63) is 35.4 Å². The van der Waals surface area contributed by atoms with E-state index < -0.39 is 17.7 Å². The van der Waals surface area contributed by atoms with Gasteiger partial charge in [-0.2, -0.15) is 13.2 Å². The third kappa shape index (κ3) is 3.12. The minimum atomic E-state index is -4.42. The minimum Gasteiger partial charge on any atom is -0.493 e. The molecule has 1 aliphatic heterocycles. The summed E-state index contributed by atoms with van der Waals surface area (Å²) in [7, 11) is 0. The second-order valence-corrected chi connectivity index (χ2v) is 4.23. The first kappa shape index (κ1) is 14.4. The lowest BCUT2D eigenvalue weighted by Gasteiger charge is -2.21. The summed E-state index contributed by atoms with van der Waals surface area (Å²) >= 11 is 0. The van der Waals surface area contributed by atoms with Gasteiger partial charge in [-0.1, -0.05) is 6.07 Å². The zero-order valence-corrected chi connectivity index (χ0v) is 10.8. The monoisotopic (exact) mass is 286 g/mol.